The Morgan fingerprint density at radius 2 is 2.19 bits per heavy atom. The maximum atomic E-state index is 10.9. The van der Waals surface area contributed by atoms with Crippen molar-refractivity contribution in [3.63, 3.8) is 0 Å². The molecular formula is C13H20N3O3PS. The molecule has 0 aliphatic rings. The van der Waals surface area contributed by atoms with Crippen molar-refractivity contribution in [2.24, 2.45) is 0 Å². The average Bonchev–Trinajstić information content (AvgIpc) is 2.86. The molecular weight excluding hydrogens is 309 g/mol. The summed E-state index contributed by atoms with van der Waals surface area (Å²) in [5.41, 5.74) is 2.55. The van der Waals surface area contributed by atoms with Gasteiger partial charge in [-0.05, 0) is 18.9 Å². The van der Waals surface area contributed by atoms with E-state index in [0.29, 0.717) is 5.75 Å². The van der Waals surface area contributed by atoms with Gasteiger partial charge in [0.05, 0.1) is 17.4 Å². The number of hydrogen-bond donors (Lipinski definition) is 2. The van der Waals surface area contributed by atoms with Gasteiger partial charge in [0.2, 0.25) is 0 Å². The minimum atomic E-state index is -3.96. The highest BCUT2D eigenvalue weighted by molar-refractivity contribution is 8.03. The first-order valence-electron chi connectivity index (χ1n) is 6.94. The molecule has 0 radical (unpaired) electrons. The summed E-state index contributed by atoms with van der Waals surface area (Å²) >= 11 is 1.22. The summed E-state index contributed by atoms with van der Waals surface area (Å²) in [6, 6.07) is 3.84. The number of aromatic nitrogens is 3. The smallest absolute Gasteiger partial charge is 0.324 e. The summed E-state index contributed by atoms with van der Waals surface area (Å²) in [5, 5.41) is 4.22. The van der Waals surface area contributed by atoms with Gasteiger partial charge in [0.25, 0.3) is 0 Å². The summed E-state index contributed by atoms with van der Waals surface area (Å²) in [6.45, 7) is 2.16. The van der Waals surface area contributed by atoms with E-state index in [0.717, 1.165) is 29.9 Å². The molecule has 0 saturated carbocycles. The standard InChI is InChI=1S/C13H20N3O3PS/c1-2-3-4-5-11-8-12(9-21-10-20(17,18)19)16-13(15-11)6-7-14-16/h6-8H,2-5,9-10H2,1H3,(H2,17,18,19). The van der Waals surface area contributed by atoms with E-state index in [1.165, 1.54) is 24.6 Å². The maximum absolute atomic E-state index is 10.9. The minimum absolute atomic E-state index is 0.177. The third kappa shape index (κ3) is 5.11. The molecule has 116 valence electrons. The highest BCUT2D eigenvalue weighted by atomic mass is 32.2. The zero-order valence-corrected chi connectivity index (χ0v) is 13.7. The van der Waals surface area contributed by atoms with Crippen molar-refractivity contribution in [1.82, 2.24) is 14.6 Å². The van der Waals surface area contributed by atoms with Crippen LogP contribution >= 0.6 is 19.4 Å². The number of rotatable bonds is 8. The Labute approximate surface area is 128 Å². The molecule has 0 fully saturated rings. The molecule has 6 nitrogen and oxygen atoms in total. The summed E-state index contributed by atoms with van der Waals surface area (Å²) in [6.07, 6.45) is 6.05. The maximum Gasteiger partial charge on any atom is 0.335 e. The van der Waals surface area contributed by atoms with E-state index in [1.807, 2.05) is 12.1 Å². The number of fused-ring (bicyclic) bond motifs is 1. The molecule has 0 amide bonds. The fraction of sp³-hybridized carbons (Fsp3) is 0.538. The zero-order valence-electron chi connectivity index (χ0n) is 12.0. The van der Waals surface area contributed by atoms with Crippen LogP contribution in [0.4, 0.5) is 0 Å². The summed E-state index contributed by atoms with van der Waals surface area (Å²) < 4.78 is 12.6. The lowest BCUT2D eigenvalue weighted by atomic mass is 10.1. The van der Waals surface area contributed by atoms with Crippen molar-refractivity contribution in [3.05, 3.63) is 29.7 Å². The lowest BCUT2D eigenvalue weighted by Crippen LogP contribution is -2.03. The second-order valence-electron chi connectivity index (χ2n) is 4.94. The SMILES string of the molecule is CCCCCc1cc(CSCP(=O)(O)O)n2nccc2n1. The Bertz CT molecular complexity index is 641. The third-order valence-corrected chi connectivity index (χ3v) is 5.61. The highest BCUT2D eigenvalue weighted by Crippen LogP contribution is 2.39. The predicted octanol–water partition coefficient (Wildman–Crippen LogP) is 2.83. The van der Waals surface area contributed by atoms with Gasteiger partial charge >= 0.3 is 7.60 Å². The molecule has 0 unspecified atom stereocenters. The molecule has 0 spiro atoms. The third-order valence-electron chi connectivity index (χ3n) is 3.03. The number of thioether (sulfide) groups is 1. The molecule has 2 heterocycles. The highest BCUT2D eigenvalue weighted by Gasteiger charge is 2.14. The largest absolute Gasteiger partial charge is 0.335 e. The topological polar surface area (TPSA) is 87.7 Å². The number of hydrogen-bond acceptors (Lipinski definition) is 4. The van der Waals surface area contributed by atoms with E-state index >= 15 is 0 Å². The molecule has 0 aromatic carbocycles. The fourth-order valence-corrected chi connectivity index (χ4v) is 3.82. The second-order valence-corrected chi connectivity index (χ2v) is 8.00. The summed E-state index contributed by atoms with van der Waals surface area (Å²) in [5.74, 6) is 0.507. The van der Waals surface area contributed by atoms with Crippen LogP contribution in [0.25, 0.3) is 5.65 Å². The van der Waals surface area contributed by atoms with Crippen molar-refractivity contribution in [2.45, 2.75) is 38.4 Å². The molecule has 2 rings (SSSR count). The molecule has 0 aliphatic carbocycles. The van der Waals surface area contributed by atoms with Crippen molar-refractivity contribution < 1.29 is 14.4 Å². The Morgan fingerprint density at radius 1 is 1.38 bits per heavy atom. The van der Waals surface area contributed by atoms with Crippen LogP contribution in [-0.4, -0.2) is 29.9 Å². The van der Waals surface area contributed by atoms with Crippen molar-refractivity contribution in [1.29, 1.82) is 0 Å². The van der Waals surface area contributed by atoms with Crippen LogP contribution in [0.3, 0.4) is 0 Å². The average molecular weight is 329 g/mol. The van der Waals surface area contributed by atoms with Gasteiger partial charge in [-0.1, -0.05) is 19.8 Å². The van der Waals surface area contributed by atoms with Crippen LogP contribution < -0.4 is 0 Å². The molecule has 0 aliphatic heterocycles. The van der Waals surface area contributed by atoms with Crippen LogP contribution in [0.5, 0.6) is 0 Å². The van der Waals surface area contributed by atoms with Gasteiger partial charge in [-0.2, -0.15) is 5.10 Å². The first kappa shape index (κ1) is 16.5. The van der Waals surface area contributed by atoms with Crippen LogP contribution in [-0.2, 0) is 16.7 Å². The van der Waals surface area contributed by atoms with E-state index in [9.17, 15) is 4.57 Å². The quantitative estimate of drug-likeness (QED) is 0.572. The monoisotopic (exact) mass is 329 g/mol. The number of aryl methyl sites for hydroxylation is 1. The van der Waals surface area contributed by atoms with Crippen LogP contribution in [0.1, 0.15) is 37.6 Å². The first-order chi connectivity index (χ1) is 9.99. The first-order valence-corrected chi connectivity index (χ1v) is 9.89. The Balaban J connectivity index is 2.12. The van der Waals surface area contributed by atoms with Gasteiger partial charge in [0.1, 0.15) is 0 Å². The molecule has 2 aromatic rings. The van der Waals surface area contributed by atoms with E-state index in [1.54, 1.807) is 10.7 Å². The summed E-state index contributed by atoms with van der Waals surface area (Å²) in [4.78, 5) is 22.4. The van der Waals surface area contributed by atoms with Gasteiger partial charge in [0.15, 0.2) is 5.65 Å². The Hall–Kier alpha value is -0.880. The second kappa shape index (κ2) is 7.40. The molecule has 2 N–H and O–H groups in total. The van der Waals surface area contributed by atoms with Gasteiger partial charge in [-0.15, -0.1) is 11.8 Å². The van der Waals surface area contributed by atoms with Crippen LogP contribution in [0.15, 0.2) is 18.3 Å². The molecule has 8 heteroatoms. The summed E-state index contributed by atoms with van der Waals surface area (Å²) in [7, 11) is -3.96. The van der Waals surface area contributed by atoms with Crippen molar-refractivity contribution in [3.8, 4) is 0 Å². The Kier molecular flexibility index (Phi) is 5.81. The zero-order chi connectivity index (χ0) is 15.3. The number of unbranched alkanes of at least 4 members (excludes halogenated alkanes) is 2. The molecule has 0 saturated heterocycles. The van der Waals surface area contributed by atoms with E-state index < -0.39 is 7.60 Å². The normalized spacial score (nSPS) is 12.1. The molecule has 21 heavy (non-hydrogen) atoms. The minimum Gasteiger partial charge on any atom is -0.324 e. The molecule has 0 bridgehead atoms. The number of nitrogens with zero attached hydrogens (tertiary/aromatic N) is 3. The van der Waals surface area contributed by atoms with Crippen molar-refractivity contribution >= 4 is 25.0 Å². The van der Waals surface area contributed by atoms with Gasteiger partial charge in [0, 0.05) is 17.5 Å². The molecule has 0 atom stereocenters. The lowest BCUT2D eigenvalue weighted by Gasteiger charge is -2.08. The van der Waals surface area contributed by atoms with Gasteiger partial charge < -0.3 is 9.79 Å². The van der Waals surface area contributed by atoms with Crippen LogP contribution in [0, 0.1) is 0 Å². The Morgan fingerprint density at radius 3 is 2.90 bits per heavy atom. The van der Waals surface area contributed by atoms with E-state index in [4.69, 9.17) is 9.79 Å². The van der Waals surface area contributed by atoms with Crippen LogP contribution in [0.2, 0.25) is 0 Å². The lowest BCUT2D eigenvalue weighted by molar-refractivity contribution is 0.379. The fourth-order valence-electron chi connectivity index (χ4n) is 2.09. The van der Waals surface area contributed by atoms with Gasteiger partial charge in [-0.3, -0.25) is 4.57 Å². The molecule has 2 aromatic heterocycles. The van der Waals surface area contributed by atoms with Crippen molar-refractivity contribution in [2.75, 3.05) is 5.49 Å². The van der Waals surface area contributed by atoms with E-state index in [-0.39, 0.29) is 5.49 Å². The van der Waals surface area contributed by atoms with E-state index in [2.05, 4.69) is 17.0 Å². The predicted molar refractivity (Wildman–Crippen MR) is 84.4 cm³/mol. The van der Waals surface area contributed by atoms with Gasteiger partial charge in [-0.25, -0.2) is 9.50 Å².